The zero-order valence-corrected chi connectivity index (χ0v) is 15.1. The van der Waals surface area contributed by atoms with E-state index < -0.39 is 5.60 Å². The highest BCUT2D eigenvalue weighted by Crippen LogP contribution is 2.47. The number of nitrogens with one attached hydrogen (secondary N) is 2. The number of ether oxygens (including phenoxy) is 2. The van der Waals surface area contributed by atoms with Crippen molar-refractivity contribution in [1.29, 1.82) is 0 Å². The molecule has 0 heterocycles. The molecule has 23 heavy (non-hydrogen) atoms. The molecule has 0 aliphatic heterocycles. The van der Waals surface area contributed by atoms with Crippen molar-refractivity contribution in [1.82, 2.24) is 10.6 Å². The van der Waals surface area contributed by atoms with Gasteiger partial charge in [0.25, 0.3) is 0 Å². The summed E-state index contributed by atoms with van der Waals surface area (Å²) in [6.07, 6.45) is 4.70. The summed E-state index contributed by atoms with van der Waals surface area (Å²) in [6.45, 7) is 8.00. The Hall–Kier alpha value is -0.850. The third-order valence-electron chi connectivity index (χ3n) is 4.13. The smallest absolute Gasteiger partial charge is 0.407 e. The van der Waals surface area contributed by atoms with Crippen LogP contribution in [-0.2, 0) is 9.47 Å². The lowest BCUT2D eigenvalue weighted by atomic mass is 10.0. The van der Waals surface area contributed by atoms with Gasteiger partial charge in [-0.1, -0.05) is 0 Å². The molecule has 1 rings (SSSR count). The number of hydrogen-bond donors (Lipinski definition) is 3. The Labute approximate surface area is 140 Å². The first kappa shape index (κ1) is 20.2. The molecule has 1 saturated carbocycles. The lowest BCUT2D eigenvalue weighted by Gasteiger charge is -2.22. The highest BCUT2D eigenvalue weighted by atomic mass is 16.6. The predicted molar refractivity (Wildman–Crippen MR) is 90.5 cm³/mol. The van der Waals surface area contributed by atoms with Gasteiger partial charge in [-0.25, -0.2) is 4.79 Å². The van der Waals surface area contributed by atoms with Crippen molar-refractivity contribution in [2.24, 2.45) is 5.41 Å². The monoisotopic (exact) mass is 330 g/mol. The fourth-order valence-electron chi connectivity index (χ4n) is 2.59. The first-order valence-corrected chi connectivity index (χ1v) is 8.60. The molecule has 3 N–H and O–H groups in total. The molecule has 0 saturated heterocycles. The van der Waals surface area contributed by atoms with E-state index in [2.05, 4.69) is 10.6 Å². The van der Waals surface area contributed by atoms with Gasteiger partial charge in [-0.3, -0.25) is 0 Å². The number of rotatable bonds is 11. The number of aliphatic hydroxyl groups is 1. The van der Waals surface area contributed by atoms with Crippen molar-refractivity contribution in [3.63, 3.8) is 0 Å². The molecule has 0 bridgehead atoms. The minimum atomic E-state index is -0.463. The lowest BCUT2D eigenvalue weighted by molar-refractivity contribution is 0.0526. The van der Waals surface area contributed by atoms with Gasteiger partial charge in [0.05, 0.1) is 6.61 Å². The Kier molecular flexibility index (Phi) is 8.29. The van der Waals surface area contributed by atoms with E-state index in [-0.39, 0.29) is 18.7 Å². The number of carbonyl (C=O) groups excluding carboxylic acids is 1. The number of amides is 1. The molecule has 1 atom stereocenters. The van der Waals surface area contributed by atoms with Crippen LogP contribution >= 0.6 is 0 Å². The fourth-order valence-corrected chi connectivity index (χ4v) is 2.59. The average Bonchev–Trinajstić information content (AvgIpc) is 3.19. The van der Waals surface area contributed by atoms with Crippen molar-refractivity contribution in [3.8, 4) is 0 Å². The van der Waals surface area contributed by atoms with E-state index in [1.165, 1.54) is 12.8 Å². The second-order valence-electron chi connectivity index (χ2n) is 7.58. The Morgan fingerprint density at radius 3 is 2.57 bits per heavy atom. The van der Waals surface area contributed by atoms with Crippen LogP contribution in [0.3, 0.4) is 0 Å². The largest absolute Gasteiger partial charge is 0.444 e. The van der Waals surface area contributed by atoms with Gasteiger partial charge in [0.2, 0.25) is 0 Å². The number of aliphatic hydroxyl groups excluding tert-OH is 1. The van der Waals surface area contributed by atoms with Crippen molar-refractivity contribution < 1.29 is 19.4 Å². The summed E-state index contributed by atoms with van der Waals surface area (Å²) in [5.74, 6) is 0. The van der Waals surface area contributed by atoms with Crippen LogP contribution in [0.25, 0.3) is 0 Å². The van der Waals surface area contributed by atoms with E-state index in [0.717, 1.165) is 25.8 Å². The van der Waals surface area contributed by atoms with Crippen molar-refractivity contribution in [3.05, 3.63) is 0 Å². The summed E-state index contributed by atoms with van der Waals surface area (Å²) >= 11 is 0. The van der Waals surface area contributed by atoms with E-state index in [1.54, 1.807) is 7.11 Å². The van der Waals surface area contributed by atoms with E-state index in [0.29, 0.717) is 18.6 Å². The van der Waals surface area contributed by atoms with Gasteiger partial charge in [-0.2, -0.15) is 0 Å². The Bertz CT molecular complexity index is 351. The summed E-state index contributed by atoms with van der Waals surface area (Å²) in [6, 6.07) is 0.275. The van der Waals surface area contributed by atoms with E-state index >= 15 is 0 Å². The maximum absolute atomic E-state index is 11.6. The first-order valence-electron chi connectivity index (χ1n) is 8.60. The van der Waals surface area contributed by atoms with Crippen LogP contribution < -0.4 is 10.6 Å². The quantitative estimate of drug-likeness (QED) is 0.505. The maximum Gasteiger partial charge on any atom is 0.407 e. The lowest BCUT2D eigenvalue weighted by Crippen LogP contribution is -2.38. The standard InChI is InChI=1S/C17H34N2O4/c1-16(2,3)23-15(21)18-10-5-6-14(12-22-4)19-13-17(7-8-17)9-11-20/h14,19-20H,5-13H2,1-4H3,(H,18,21). The molecular weight excluding hydrogens is 296 g/mol. The van der Waals surface area contributed by atoms with Crippen LogP contribution in [0.2, 0.25) is 0 Å². The number of hydrogen-bond acceptors (Lipinski definition) is 5. The third-order valence-corrected chi connectivity index (χ3v) is 4.13. The normalized spacial score (nSPS) is 17.6. The zero-order valence-electron chi connectivity index (χ0n) is 15.1. The van der Waals surface area contributed by atoms with Gasteiger partial charge < -0.3 is 25.2 Å². The molecular formula is C17H34N2O4. The summed E-state index contributed by atoms with van der Waals surface area (Å²) in [4.78, 5) is 11.6. The van der Waals surface area contributed by atoms with Gasteiger partial charge in [0, 0.05) is 32.8 Å². The molecule has 0 aromatic carbocycles. The topological polar surface area (TPSA) is 79.8 Å². The zero-order chi connectivity index (χ0) is 17.3. The summed E-state index contributed by atoms with van der Waals surface area (Å²) in [5.41, 5.74) is -0.162. The molecule has 1 aliphatic carbocycles. The van der Waals surface area contributed by atoms with Gasteiger partial charge in [0.1, 0.15) is 5.60 Å². The van der Waals surface area contributed by atoms with Gasteiger partial charge in [-0.15, -0.1) is 0 Å². The summed E-state index contributed by atoms with van der Waals surface area (Å²) < 4.78 is 10.5. The Balaban J connectivity index is 2.19. The molecule has 1 aliphatic rings. The molecule has 0 spiro atoms. The van der Waals surface area contributed by atoms with E-state index in [1.807, 2.05) is 20.8 Å². The minimum Gasteiger partial charge on any atom is -0.444 e. The molecule has 0 aromatic rings. The molecule has 1 fully saturated rings. The maximum atomic E-state index is 11.6. The van der Waals surface area contributed by atoms with Gasteiger partial charge >= 0.3 is 6.09 Å². The van der Waals surface area contributed by atoms with E-state index in [9.17, 15) is 4.79 Å². The fraction of sp³-hybridized carbons (Fsp3) is 0.941. The van der Waals surface area contributed by atoms with E-state index in [4.69, 9.17) is 14.6 Å². The van der Waals surface area contributed by atoms with Crippen LogP contribution in [0, 0.1) is 5.41 Å². The Morgan fingerprint density at radius 2 is 2.04 bits per heavy atom. The molecule has 136 valence electrons. The summed E-state index contributed by atoms with van der Waals surface area (Å²) in [5, 5.41) is 15.4. The second kappa shape index (κ2) is 9.45. The van der Waals surface area contributed by atoms with Crippen molar-refractivity contribution in [2.45, 2.75) is 64.5 Å². The molecule has 6 heteroatoms. The Morgan fingerprint density at radius 1 is 1.35 bits per heavy atom. The van der Waals surface area contributed by atoms with Gasteiger partial charge in [-0.05, 0) is 58.3 Å². The van der Waals surface area contributed by atoms with Crippen molar-refractivity contribution >= 4 is 6.09 Å². The molecule has 0 radical (unpaired) electrons. The van der Waals surface area contributed by atoms with Gasteiger partial charge in [0.15, 0.2) is 0 Å². The number of alkyl carbamates (subject to hydrolysis) is 1. The second-order valence-corrected chi connectivity index (χ2v) is 7.58. The SMILES string of the molecule is COCC(CCCNC(=O)OC(C)(C)C)NCC1(CCO)CC1. The first-order chi connectivity index (χ1) is 10.8. The highest BCUT2D eigenvalue weighted by molar-refractivity contribution is 5.67. The van der Waals surface area contributed by atoms with Crippen LogP contribution in [0.4, 0.5) is 4.79 Å². The van der Waals surface area contributed by atoms with Crippen LogP contribution in [0.15, 0.2) is 0 Å². The number of carbonyl (C=O) groups is 1. The van der Waals surface area contributed by atoms with Crippen LogP contribution in [0.5, 0.6) is 0 Å². The molecule has 0 aromatic heterocycles. The van der Waals surface area contributed by atoms with Crippen LogP contribution in [0.1, 0.15) is 52.9 Å². The molecule has 6 nitrogen and oxygen atoms in total. The summed E-state index contributed by atoms with van der Waals surface area (Å²) in [7, 11) is 1.70. The number of methoxy groups -OCH3 is 1. The van der Waals surface area contributed by atoms with Crippen molar-refractivity contribution in [2.75, 3.05) is 33.4 Å². The third kappa shape index (κ3) is 9.13. The average molecular weight is 330 g/mol. The highest BCUT2D eigenvalue weighted by Gasteiger charge is 2.41. The molecule has 1 amide bonds. The molecule has 1 unspecified atom stereocenters. The predicted octanol–water partition coefficient (Wildman–Crippen LogP) is 2.06. The minimum absolute atomic E-state index is 0.260. The van der Waals surface area contributed by atoms with Crippen LogP contribution in [-0.4, -0.2) is 56.3 Å².